The van der Waals surface area contributed by atoms with Crippen molar-refractivity contribution in [2.24, 2.45) is 0 Å². The molecule has 3 aromatic carbocycles. The van der Waals surface area contributed by atoms with E-state index in [2.05, 4.69) is 10.6 Å². The van der Waals surface area contributed by atoms with Gasteiger partial charge in [-0.1, -0.05) is 13.0 Å². The van der Waals surface area contributed by atoms with E-state index in [1.807, 2.05) is 6.07 Å². The molecular formula is C29H25F3N4O6. The van der Waals surface area contributed by atoms with E-state index in [0.717, 1.165) is 31.2 Å². The highest BCUT2D eigenvalue weighted by molar-refractivity contribution is 6.36. The van der Waals surface area contributed by atoms with Crippen molar-refractivity contribution >= 4 is 41.0 Å². The van der Waals surface area contributed by atoms with Gasteiger partial charge >= 0.3 is 12.1 Å². The fourth-order valence-corrected chi connectivity index (χ4v) is 3.81. The number of hydrogen-bond donors (Lipinski definition) is 5. The quantitative estimate of drug-likeness (QED) is 0.131. The summed E-state index contributed by atoms with van der Waals surface area (Å²) in [5.41, 5.74) is -1.86. The number of nitrogens with one attached hydrogen (secondary N) is 3. The van der Waals surface area contributed by atoms with Gasteiger partial charge < -0.3 is 20.8 Å². The minimum atomic E-state index is -4.82. The maximum Gasteiger partial charge on any atom is 0.417 e. The van der Waals surface area contributed by atoms with Crippen LogP contribution in [0.15, 0.2) is 48.5 Å². The van der Waals surface area contributed by atoms with Crippen LogP contribution >= 0.6 is 0 Å². The number of carbonyl (C=O) groups excluding carboxylic acids is 3. The number of ketones is 1. The van der Waals surface area contributed by atoms with E-state index in [4.69, 9.17) is 15.8 Å². The zero-order valence-electron chi connectivity index (χ0n) is 22.5. The maximum absolute atomic E-state index is 13.7. The number of anilines is 2. The van der Waals surface area contributed by atoms with Crippen molar-refractivity contribution in [3.63, 3.8) is 0 Å². The number of carbonyl (C=O) groups is 4. The molecule has 5 N–H and O–H groups in total. The first-order chi connectivity index (χ1) is 19.7. The van der Waals surface area contributed by atoms with Gasteiger partial charge in [0, 0.05) is 42.9 Å². The number of carboxylic acid groups (broad SMARTS) is 1. The minimum absolute atomic E-state index is 0.0447. The summed E-state index contributed by atoms with van der Waals surface area (Å²) >= 11 is 0. The SMILES string of the molecule is CCC(=O)c1cc(C(=N)C=O)c(O)cc1-c1ccc(NC(C)=O)cc1C(F)(F)F.CNc1ccc(C#N)cc1C(=O)O. The van der Waals surface area contributed by atoms with Gasteiger partial charge in [-0.25, -0.2) is 4.79 Å². The van der Waals surface area contributed by atoms with E-state index in [-0.39, 0.29) is 46.2 Å². The molecular weight excluding hydrogens is 557 g/mol. The van der Waals surface area contributed by atoms with Crippen LogP contribution in [0.1, 0.15) is 57.7 Å². The third-order valence-electron chi connectivity index (χ3n) is 5.75. The third-order valence-corrected chi connectivity index (χ3v) is 5.75. The fraction of sp³-hybridized carbons (Fsp3) is 0.172. The molecule has 0 fully saturated rings. The molecule has 10 nitrogen and oxygen atoms in total. The molecule has 0 saturated heterocycles. The Morgan fingerprint density at radius 2 is 1.69 bits per heavy atom. The number of phenolic OH excluding ortho intramolecular Hbond substituents is 1. The van der Waals surface area contributed by atoms with Crippen molar-refractivity contribution in [3.8, 4) is 22.9 Å². The summed E-state index contributed by atoms with van der Waals surface area (Å²) in [5.74, 6) is -2.73. The Balaban J connectivity index is 0.000000395. The zero-order valence-corrected chi connectivity index (χ0v) is 22.5. The lowest BCUT2D eigenvalue weighted by Crippen LogP contribution is -2.12. The number of aromatic carboxylic acids is 1. The fourth-order valence-electron chi connectivity index (χ4n) is 3.81. The van der Waals surface area contributed by atoms with Crippen LogP contribution in [-0.2, 0) is 15.8 Å². The normalized spacial score (nSPS) is 10.4. The first-order valence-electron chi connectivity index (χ1n) is 12.1. The number of amides is 1. The van der Waals surface area contributed by atoms with E-state index >= 15 is 0 Å². The third kappa shape index (κ3) is 7.79. The summed E-state index contributed by atoms with van der Waals surface area (Å²) in [6.45, 7) is 2.66. The van der Waals surface area contributed by atoms with Crippen LogP contribution in [0.25, 0.3) is 11.1 Å². The second-order valence-corrected chi connectivity index (χ2v) is 8.59. The molecule has 0 saturated carbocycles. The Labute approximate surface area is 237 Å². The molecule has 0 radical (unpaired) electrons. The maximum atomic E-state index is 13.7. The summed E-state index contributed by atoms with van der Waals surface area (Å²) in [5, 5.41) is 40.0. The van der Waals surface area contributed by atoms with Crippen molar-refractivity contribution in [1.82, 2.24) is 0 Å². The van der Waals surface area contributed by atoms with Gasteiger partial charge in [0.1, 0.15) is 11.5 Å². The van der Waals surface area contributed by atoms with Crippen LogP contribution in [0, 0.1) is 16.7 Å². The van der Waals surface area contributed by atoms with Crippen molar-refractivity contribution in [2.45, 2.75) is 26.4 Å². The summed E-state index contributed by atoms with van der Waals surface area (Å²) in [7, 11) is 1.63. The highest BCUT2D eigenvalue weighted by Gasteiger charge is 2.35. The van der Waals surface area contributed by atoms with Crippen LogP contribution < -0.4 is 10.6 Å². The summed E-state index contributed by atoms with van der Waals surface area (Å²) in [6.07, 6.45) is -4.71. The smallest absolute Gasteiger partial charge is 0.417 e. The van der Waals surface area contributed by atoms with Crippen LogP contribution in [-0.4, -0.2) is 46.9 Å². The molecule has 0 unspecified atom stereocenters. The predicted octanol–water partition coefficient (Wildman–Crippen LogP) is 5.49. The lowest BCUT2D eigenvalue weighted by molar-refractivity contribution is -0.137. The highest BCUT2D eigenvalue weighted by atomic mass is 19.4. The number of rotatable bonds is 8. The lowest BCUT2D eigenvalue weighted by atomic mass is 9.89. The van der Waals surface area contributed by atoms with Crippen molar-refractivity contribution in [2.75, 3.05) is 17.7 Å². The van der Waals surface area contributed by atoms with E-state index in [0.29, 0.717) is 11.3 Å². The van der Waals surface area contributed by atoms with E-state index < -0.39 is 40.9 Å². The van der Waals surface area contributed by atoms with Gasteiger partial charge in [0.15, 0.2) is 12.1 Å². The van der Waals surface area contributed by atoms with Crippen molar-refractivity contribution in [1.29, 1.82) is 10.7 Å². The number of benzene rings is 3. The molecule has 0 aliphatic heterocycles. The van der Waals surface area contributed by atoms with Gasteiger partial charge in [0.2, 0.25) is 5.91 Å². The largest absolute Gasteiger partial charge is 0.507 e. The molecule has 42 heavy (non-hydrogen) atoms. The van der Waals surface area contributed by atoms with Crippen molar-refractivity contribution < 1.29 is 42.6 Å². The first-order valence-corrected chi connectivity index (χ1v) is 12.1. The number of phenols is 1. The van der Waals surface area contributed by atoms with E-state index in [1.54, 1.807) is 19.2 Å². The molecule has 0 atom stereocenters. The molecule has 3 aromatic rings. The molecule has 0 aliphatic rings. The average molecular weight is 583 g/mol. The monoisotopic (exact) mass is 582 g/mol. The molecule has 0 aromatic heterocycles. The topological polar surface area (TPSA) is 180 Å². The predicted molar refractivity (Wildman–Crippen MR) is 148 cm³/mol. The van der Waals surface area contributed by atoms with E-state index in [1.165, 1.54) is 19.1 Å². The summed E-state index contributed by atoms with van der Waals surface area (Å²) in [4.78, 5) is 45.1. The second kappa shape index (κ2) is 13.7. The number of hydrogen-bond acceptors (Lipinski definition) is 8. The molecule has 0 spiro atoms. The van der Waals surface area contributed by atoms with Gasteiger partial charge in [-0.05, 0) is 53.6 Å². The van der Waals surface area contributed by atoms with Gasteiger partial charge in [0.25, 0.3) is 0 Å². The van der Waals surface area contributed by atoms with Gasteiger partial charge in [0.05, 0.1) is 22.8 Å². The number of nitriles is 1. The standard InChI is InChI=1S/C20H17F3N2O4.C9H8N2O2/c1-3-18(28)14-7-15(17(24)9-26)19(29)8-13(14)12-5-4-11(25-10(2)27)6-16(12)20(21,22)23;1-11-8-3-2-6(5-10)4-7(8)9(12)13/h4-9,24,29H,3H2,1-2H3,(H,25,27);2-4,11H,1H3,(H,12,13). The Hall–Kier alpha value is -5.51. The second-order valence-electron chi connectivity index (χ2n) is 8.59. The molecule has 3 rings (SSSR count). The number of halogens is 3. The molecule has 218 valence electrons. The summed E-state index contributed by atoms with van der Waals surface area (Å²) in [6, 6.07) is 11.4. The Morgan fingerprint density at radius 3 is 2.19 bits per heavy atom. The number of aromatic hydroxyl groups is 1. The molecule has 0 heterocycles. The van der Waals surface area contributed by atoms with Gasteiger partial charge in [-0.2, -0.15) is 18.4 Å². The molecule has 13 heteroatoms. The van der Waals surface area contributed by atoms with Crippen molar-refractivity contribution in [3.05, 3.63) is 76.3 Å². The van der Waals surface area contributed by atoms with Crippen LogP contribution in [0.2, 0.25) is 0 Å². The first kappa shape index (κ1) is 32.7. The molecule has 0 bridgehead atoms. The molecule has 0 aliphatic carbocycles. The van der Waals surface area contributed by atoms with E-state index in [9.17, 15) is 37.5 Å². The highest BCUT2D eigenvalue weighted by Crippen LogP contribution is 2.41. The van der Waals surface area contributed by atoms with Gasteiger partial charge in [-0.3, -0.25) is 19.8 Å². The molecule has 1 amide bonds. The summed E-state index contributed by atoms with van der Waals surface area (Å²) < 4.78 is 41.1. The Kier molecular flexibility index (Phi) is 10.7. The number of aldehydes is 1. The Bertz CT molecular complexity index is 1610. The van der Waals surface area contributed by atoms with Crippen LogP contribution in [0.5, 0.6) is 5.75 Å². The van der Waals surface area contributed by atoms with Gasteiger partial charge in [-0.15, -0.1) is 0 Å². The number of carboxylic acids is 1. The van der Waals surface area contributed by atoms with Crippen LogP contribution in [0.3, 0.4) is 0 Å². The zero-order chi connectivity index (χ0) is 31.8. The minimum Gasteiger partial charge on any atom is -0.507 e. The lowest BCUT2D eigenvalue weighted by Gasteiger charge is -2.18. The number of Topliss-reactive ketones (excluding diaryl/α,β-unsaturated/α-hetero) is 1. The number of nitrogens with zero attached hydrogens (tertiary/aromatic N) is 1. The number of alkyl halides is 3. The average Bonchev–Trinajstić information content (AvgIpc) is 2.95. The Morgan fingerprint density at radius 1 is 1.02 bits per heavy atom. The van der Waals surface area contributed by atoms with Crippen LogP contribution in [0.4, 0.5) is 24.5 Å².